The fourth-order valence-electron chi connectivity index (χ4n) is 2.34. The highest BCUT2D eigenvalue weighted by Crippen LogP contribution is 2.27. The van der Waals surface area contributed by atoms with Crippen LogP contribution in [0.25, 0.3) is 0 Å². The first kappa shape index (κ1) is 12.9. The fraction of sp³-hybridized carbons (Fsp3) is 0.294. The van der Waals surface area contributed by atoms with Gasteiger partial charge in [-0.2, -0.15) is 4.99 Å². The van der Waals surface area contributed by atoms with E-state index >= 15 is 0 Å². The average Bonchev–Trinajstić information content (AvgIpc) is 2.40. The molecule has 0 saturated heterocycles. The first-order valence-electron chi connectivity index (χ1n) is 7.11. The van der Waals surface area contributed by atoms with Crippen LogP contribution in [0.15, 0.2) is 59.7 Å². The second kappa shape index (κ2) is 5.87. The summed E-state index contributed by atoms with van der Waals surface area (Å²) >= 11 is 0. The summed E-state index contributed by atoms with van der Waals surface area (Å²) in [5, 5.41) is 0. The van der Waals surface area contributed by atoms with Gasteiger partial charge in [0.25, 0.3) is 5.91 Å². The van der Waals surface area contributed by atoms with Crippen molar-refractivity contribution in [3.63, 3.8) is 0 Å². The highest BCUT2D eigenvalue weighted by atomic mass is 16.1. The first-order chi connectivity index (χ1) is 9.83. The Bertz CT molecular complexity index is 654. The normalized spacial score (nSPS) is 15.9. The van der Waals surface area contributed by atoms with Crippen LogP contribution in [0.2, 0.25) is 0 Å². The Balaban J connectivity index is 1.88. The van der Waals surface area contributed by atoms with Crippen molar-refractivity contribution in [1.82, 2.24) is 4.57 Å². The van der Waals surface area contributed by atoms with E-state index in [1.807, 2.05) is 47.2 Å². The number of rotatable bonds is 3. The lowest BCUT2D eigenvalue weighted by Gasteiger charge is -2.21. The van der Waals surface area contributed by atoms with E-state index in [-0.39, 0.29) is 11.8 Å². The lowest BCUT2D eigenvalue weighted by atomic mass is 9.85. The SMILES string of the molecule is O=C(N=c1ccccn1Cc1ccccc1)C1CCC1. The van der Waals surface area contributed by atoms with Gasteiger partial charge in [-0.15, -0.1) is 0 Å². The minimum atomic E-state index is 0.0317. The molecule has 1 aliphatic rings. The number of amides is 1. The highest BCUT2D eigenvalue weighted by Gasteiger charge is 2.24. The molecule has 0 aliphatic heterocycles. The smallest absolute Gasteiger partial charge is 0.250 e. The van der Waals surface area contributed by atoms with Crippen molar-refractivity contribution in [2.24, 2.45) is 10.9 Å². The van der Waals surface area contributed by atoms with Gasteiger partial charge in [-0.1, -0.05) is 42.8 Å². The molecule has 0 unspecified atom stereocenters. The molecule has 1 aromatic heterocycles. The number of hydrogen-bond acceptors (Lipinski definition) is 1. The number of nitrogens with zero attached hydrogens (tertiary/aromatic N) is 2. The van der Waals surface area contributed by atoms with Crippen LogP contribution in [0.3, 0.4) is 0 Å². The van der Waals surface area contributed by atoms with Crippen LogP contribution >= 0.6 is 0 Å². The molecule has 0 N–H and O–H groups in total. The van der Waals surface area contributed by atoms with Crippen LogP contribution in [0, 0.1) is 5.92 Å². The Hall–Kier alpha value is -2.16. The third-order valence-corrected chi connectivity index (χ3v) is 3.79. The summed E-state index contributed by atoms with van der Waals surface area (Å²) in [6, 6.07) is 16.0. The number of carbonyl (C=O) groups excluding carboxylic acids is 1. The molecule has 1 heterocycles. The molecule has 3 rings (SSSR count). The predicted molar refractivity (Wildman–Crippen MR) is 77.9 cm³/mol. The van der Waals surface area contributed by atoms with Gasteiger partial charge >= 0.3 is 0 Å². The van der Waals surface area contributed by atoms with Gasteiger partial charge in [0, 0.05) is 18.7 Å². The topological polar surface area (TPSA) is 34.4 Å². The van der Waals surface area contributed by atoms with Gasteiger partial charge in [-0.3, -0.25) is 4.79 Å². The molecule has 20 heavy (non-hydrogen) atoms. The molecule has 0 radical (unpaired) electrons. The summed E-state index contributed by atoms with van der Waals surface area (Å²) in [5.74, 6) is 0.185. The van der Waals surface area contributed by atoms with Crippen molar-refractivity contribution in [1.29, 1.82) is 0 Å². The van der Waals surface area contributed by atoms with E-state index in [4.69, 9.17) is 0 Å². The summed E-state index contributed by atoms with van der Waals surface area (Å²) in [5.41, 5.74) is 1.95. The van der Waals surface area contributed by atoms with Gasteiger partial charge in [-0.05, 0) is 30.5 Å². The maximum absolute atomic E-state index is 12.0. The largest absolute Gasteiger partial charge is 0.328 e. The molecule has 1 fully saturated rings. The van der Waals surface area contributed by atoms with Crippen molar-refractivity contribution in [2.75, 3.05) is 0 Å². The molecule has 2 aromatic rings. The van der Waals surface area contributed by atoms with Crippen molar-refractivity contribution in [2.45, 2.75) is 25.8 Å². The van der Waals surface area contributed by atoms with Crippen molar-refractivity contribution in [3.05, 3.63) is 65.8 Å². The zero-order valence-electron chi connectivity index (χ0n) is 11.4. The van der Waals surface area contributed by atoms with E-state index in [0.717, 1.165) is 31.3 Å². The predicted octanol–water partition coefficient (Wildman–Crippen LogP) is 2.76. The monoisotopic (exact) mass is 266 g/mol. The summed E-state index contributed by atoms with van der Waals surface area (Å²) in [4.78, 5) is 16.3. The van der Waals surface area contributed by atoms with Gasteiger partial charge < -0.3 is 4.57 Å². The van der Waals surface area contributed by atoms with E-state index in [1.54, 1.807) is 0 Å². The molecule has 102 valence electrons. The van der Waals surface area contributed by atoms with Gasteiger partial charge in [0.15, 0.2) is 0 Å². The number of aromatic nitrogens is 1. The maximum atomic E-state index is 12.0. The maximum Gasteiger partial charge on any atom is 0.250 e. The van der Waals surface area contributed by atoms with Gasteiger partial charge in [-0.25, -0.2) is 0 Å². The molecule has 3 nitrogen and oxygen atoms in total. The van der Waals surface area contributed by atoms with Crippen LogP contribution in [0.5, 0.6) is 0 Å². The number of hydrogen-bond donors (Lipinski definition) is 0. The Morgan fingerprint density at radius 1 is 1.10 bits per heavy atom. The zero-order chi connectivity index (χ0) is 13.8. The Kier molecular flexibility index (Phi) is 3.77. The lowest BCUT2D eigenvalue weighted by Crippen LogP contribution is -2.26. The molecule has 1 aromatic carbocycles. The molecule has 0 atom stereocenters. The molecule has 1 saturated carbocycles. The zero-order valence-corrected chi connectivity index (χ0v) is 11.4. The Labute approximate surface area is 118 Å². The van der Waals surface area contributed by atoms with Crippen molar-refractivity contribution in [3.8, 4) is 0 Å². The number of benzene rings is 1. The van der Waals surface area contributed by atoms with E-state index < -0.39 is 0 Å². The molecule has 0 spiro atoms. The number of pyridine rings is 1. The Morgan fingerprint density at radius 3 is 2.55 bits per heavy atom. The van der Waals surface area contributed by atoms with Crippen LogP contribution in [-0.2, 0) is 11.3 Å². The molecule has 3 heteroatoms. The van der Waals surface area contributed by atoms with Gasteiger partial charge in [0.1, 0.15) is 5.49 Å². The first-order valence-corrected chi connectivity index (χ1v) is 7.11. The van der Waals surface area contributed by atoms with E-state index in [9.17, 15) is 4.79 Å². The second-order valence-corrected chi connectivity index (χ2v) is 5.25. The minimum Gasteiger partial charge on any atom is -0.328 e. The third kappa shape index (κ3) is 2.87. The summed E-state index contributed by atoms with van der Waals surface area (Å²) < 4.78 is 2.02. The summed E-state index contributed by atoms with van der Waals surface area (Å²) in [7, 11) is 0. The minimum absolute atomic E-state index is 0.0317. The molecular weight excluding hydrogens is 248 g/mol. The fourth-order valence-corrected chi connectivity index (χ4v) is 2.34. The highest BCUT2D eigenvalue weighted by molar-refractivity contribution is 5.80. The Morgan fingerprint density at radius 2 is 1.85 bits per heavy atom. The van der Waals surface area contributed by atoms with E-state index in [1.165, 1.54) is 5.56 Å². The summed E-state index contributed by atoms with van der Waals surface area (Å²) in [6.45, 7) is 0.735. The third-order valence-electron chi connectivity index (χ3n) is 3.79. The lowest BCUT2D eigenvalue weighted by molar-refractivity contribution is -0.124. The number of carbonyl (C=O) groups is 1. The van der Waals surface area contributed by atoms with Gasteiger partial charge in [0.2, 0.25) is 0 Å². The molecule has 1 aliphatic carbocycles. The molecule has 0 bridgehead atoms. The summed E-state index contributed by atoms with van der Waals surface area (Å²) in [6.07, 6.45) is 5.12. The van der Waals surface area contributed by atoms with Crippen molar-refractivity contribution >= 4 is 5.91 Å². The van der Waals surface area contributed by atoms with Gasteiger partial charge in [0.05, 0.1) is 0 Å². The van der Waals surface area contributed by atoms with Crippen LogP contribution in [0.1, 0.15) is 24.8 Å². The molecular formula is C17H18N2O. The van der Waals surface area contributed by atoms with E-state index in [0.29, 0.717) is 0 Å². The standard InChI is InChI=1S/C17H18N2O/c20-17(15-9-6-10-15)18-16-11-4-5-12-19(16)13-14-7-2-1-3-8-14/h1-5,7-8,11-12,15H,6,9-10,13H2. The van der Waals surface area contributed by atoms with Crippen molar-refractivity contribution < 1.29 is 4.79 Å². The molecule has 1 amide bonds. The quantitative estimate of drug-likeness (QED) is 0.841. The van der Waals surface area contributed by atoms with E-state index in [2.05, 4.69) is 17.1 Å². The average molecular weight is 266 g/mol. The van der Waals surface area contributed by atoms with Crippen LogP contribution in [0.4, 0.5) is 0 Å². The second-order valence-electron chi connectivity index (χ2n) is 5.25. The van der Waals surface area contributed by atoms with Crippen LogP contribution < -0.4 is 5.49 Å². The van der Waals surface area contributed by atoms with Crippen LogP contribution in [-0.4, -0.2) is 10.5 Å².